The molecule has 0 aliphatic carbocycles. The van der Waals surface area contributed by atoms with E-state index in [0.29, 0.717) is 5.57 Å². The van der Waals surface area contributed by atoms with Crippen LogP contribution in [0.3, 0.4) is 0 Å². The number of methoxy groups -OCH3 is 1. The van der Waals surface area contributed by atoms with E-state index in [2.05, 4.69) is 94.1 Å². The Labute approximate surface area is 252 Å². The summed E-state index contributed by atoms with van der Waals surface area (Å²) in [6.07, 6.45) is 0. The Morgan fingerprint density at radius 1 is 0.698 bits per heavy atom. The Balaban J connectivity index is 1.47. The van der Waals surface area contributed by atoms with E-state index in [1.54, 1.807) is 14.0 Å². The highest BCUT2D eigenvalue weighted by molar-refractivity contribution is 6.28. The number of carbonyl (C=O) groups is 1. The monoisotopic (exact) mass is 568 g/mol. The number of rotatable bonds is 8. The maximum atomic E-state index is 11.6. The van der Waals surface area contributed by atoms with Crippen LogP contribution in [-0.4, -0.2) is 26.3 Å². The summed E-state index contributed by atoms with van der Waals surface area (Å²) in [4.78, 5) is 11.6. The standard InChI is InChI=1S/C39H36O4/c1-24(2)38(40)43-20-19-42-31-15-9-26(10-16-31)35-23-34(25-7-13-30(41-6)14-8-25)32-17-11-27-21-29(39(3,4)5)22-28-12-18-33(35)37(32)36(27)28/h7-18,21-23H,1,19-20H2,2-6H3. The molecule has 0 bridgehead atoms. The van der Waals surface area contributed by atoms with Gasteiger partial charge < -0.3 is 14.2 Å². The summed E-state index contributed by atoms with van der Waals surface area (Å²) < 4.78 is 16.4. The van der Waals surface area contributed by atoms with Crippen LogP contribution < -0.4 is 9.47 Å². The van der Waals surface area contributed by atoms with E-state index >= 15 is 0 Å². The average molecular weight is 569 g/mol. The quantitative estimate of drug-likeness (QED) is 0.0793. The van der Waals surface area contributed by atoms with Crippen molar-refractivity contribution >= 4 is 38.3 Å². The van der Waals surface area contributed by atoms with Crippen molar-refractivity contribution in [1.29, 1.82) is 0 Å². The van der Waals surface area contributed by atoms with E-state index in [-0.39, 0.29) is 18.6 Å². The Kier molecular flexibility index (Phi) is 7.31. The highest BCUT2D eigenvalue weighted by Gasteiger charge is 2.20. The fourth-order valence-corrected chi connectivity index (χ4v) is 5.74. The van der Waals surface area contributed by atoms with Crippen molar-refractivity contribution in [1.82, 2.24) is 0 Å². The zero-order valence-electron chi connectivity index (χ0n) is 25.4. The van der Waals surface area contributed by atoms with Gasteiger partial charge in [-0.15, -0.1) is 0 Å². The van der Waals surface area contributed by atoms with Crippen molar-refractivity contribution in [3.05, 3.63) is 109 Å². The lowest BCUT2D eigenvalue weighted by atomic mass is 9.81. The van der Waals surface area contributed by atoms with Gasteiger partial charge in [-0.2, -0.15) is 0 Å². The molecule has 6 aromatic rings. The summed E-state index contributed by atoms with van der Waals surface area (Å²) in [5.74, 6) is 1.15. The number of esters is 1. The minimum Gasteiger partial charge on any atom is -0.497 e. The van der Waals surface area contributed by atoms with Gasteiger partial charge in [-0.05, 0) is 103 Å². The van der Waals surface area contributed by atoms with E-state index in [1.807, 2.05) is 24.3 Å². The van der Waals surface area contributed by atoms with Crippen molar-refractivity contribution in [3.63, 3.8) is 0 Å². The van der Waals surface area contributed by atoms with Crippen LogP contribution in [0.5, 0.6) is 11.5 Å². The van der Waals surface area contributed by atoms with Gasteiger partial charge in [0.15, 0.2) is 0 Å². The first-order valence-corrected chi connectivity index (χ1v) is 14.6. The SMILES string of the molecule is C=C(C)C(=O)OCCOc1ccc(-c2cc(-c3ccc(OC)cc3)c3ccc4cc(C(C)(C)C)cc5ccc2c3c45)cc1. The molecule has 0 saturated heterocycles. The minimum absolute atomic E-state index is 0.0555. The van der Waals surface area contributed by atoms with E-state index in [0.717, 1.165) is 28.2 Å². The van der Waals surface area contributed by atoms with Gasteiger partial charge in [0.05, 0.1) is 7.11 Å². The molecule has 0 unspecified atom stereocenters. The molecule has 6 aromatic carbocycles. The minimum atomic E-state index is -0.407. The maximum absolute atomic E-state index is 11.6. The van der Waals surface area contributed by atoms with Crippen LogP contribution in [-0.2, 0) is 14.9 Å². The van der Waals surface area contributed by atoms with Gasteiger partial charge in [-0.1, -0.05) is 88.0 Å². The van der Waals surface area contributed by atoms with Crippen molar-refractivity contribution in [2.45, 2.75) is 33.1 Å². The molecule has 0 amide bonds. The lowest BCUT2D eigenvalue weighted by Gasteiger charge is -2.23. The third-order valence-electron chi connectivity index (χ3n) is 8.08. The van der Waals surface area contributed by atoms with Crippen LogP contribution in [0, 0.1) is 0 Å². The zero-order valence-corrected chi connectivity index (χ0v) is 25.4. The van der Waals surface area contributed by atoms with Crippen LogP contribution >= 0.6 is 0 Å². The second-order valence-corrected chi connectivity index (χ2v) is 12.1. The molecule has 0 saturated carbocycles. The molecular formula is C39H36O4. The molecule has 0 aliphatic heterocycles. The van der Waals surface area contributed by atoms with Crippen molar-refractivity contribution in [3.8, 4) is 33.8 Å². The summed E-state index contributed by atoms with van der Waals surface area (Å²) in [5.41, 5.74) is 6.35. The fourth-order valence-electron chi connectivity index (χ4n) is 5.74. The van der Waals surface area contributed by atoms with Gasteiger partial charge in [-0.3, -0.25) is 0 Å². The molecule has 0 N–H and O–H groups in total. The van der Waals surface area contributed by atoms with Gasteiger partial charge in [0.2, 0.25) is 0 Å². The lowest BCUT2D eigenvalue weighted by Crippen LogP contribution is -2.12. The zero-order chi connectivity index (χ0) is 30.3. The second-order valence-electron chi connectivity index (χ2n) is 12.1. The van der Waals surface area contributed by atoms with Gasteiger partial charge >= 0.3 is 5.97 Å². The lowest BCUT2D eigenvalue weighted by molar-refractivity contribution is -0.139. The van der Waals surface area contributed by atoms with E-state index in [4.69, 9.17) is 14.2 Å². The molecule has 43 heavy (non-hydrogen) atoms. The normalized spacial score (nSPS) is 11.7. The van der Waals surface area contributed by atoms with E-state index in [9.17, 15) is 4.79 Å². The highest BCUT2D eigenvalue weighted by atomic mass is 16.6. The molecule has 4 nitrogen and oxygen atoms in total. The molecule has 0 radical (unpaired) electrons. The molecule has 0 aliphatic rings. The number of hydrogen-bond donors (Lipinski definition) is 0. The van der Waals surface area contributed by atoms with Crippen molar-refractivity contribution in [2.75, 3.05) is 20.3 Å². The average Bonchev–Trinajstić information content (AvgIpc) is 3.01. The van der Waals surface area contributed by atoms with Gasteiger partial charge in [0.25, 0.3) is 0 Å². The molecule has 216 valence electrons. The smallest absolute Gasteiger partial charge is 0.333 e. The van der Waals surface area contributed by atoms with Crippen molar-refractivity contribution < 1.29 is 19.0 Å². The molecule has 4 heteroatoms. The number of benzene rings is 6. The van der Waals surface area contributed by atoms with Gasteiger partial charge in [-0.25, -0.2) is 4.79 Å². The van der Waals surface area contributed by atoms with Crippen LogP contribution in [0.2, 0.25) is 0 Å². The first-order valence-electron chi connectivity index (χ1n) is 14.6. The summed E-state index contributed by atoms with van der Waals surface area (Å²) >= 11 is 0. The molecule has 0 fully saturated rings. The predicted molar refractivity (Wildman–Crippen MR) is 178 cm³/mol. The van der Waals surface area contributed by atoms with E-state index in [1.165, 1.54) is 43.4 Å². The second kappa shape index (κ2) is 11.1. The maximum Gasteiger partial charge on any atom is 0.333 e. The van der Waals surface area contributed by atoms with E-state index < -0.39 is 5.97 Å². The Morgan fingerprint density at radius 3 is 1.72 bits per heavy atom. The van der Waals surface area contributed by atoms with Crippen LogP contribution in [0.15, 0.2) is 103 Å². The Bertz CT molecular complexity index is 1940. The molecule has 0 aromatic heterocycles. The first-order chi connectivity index (χ1) is 20.6. The predicted octanol–water partition coefficient (Wildman–Crippen LogP) is 9.72. The molecule has 0 spiro atoms. The fraction of sp³-hybridized carbons (Fsp3) is 0.205. The largest absolute Gasteiger partial charge is 0.497 e. The Morgan fingerprint density at radius 2 is 1.23 bits per heavy atom. The summed E-state index contributed by atoms with van der Waals surface area (Å²) in [6.45, 7) is 12.5. The van der Waals surface area contributed by atoms with Crippen LogP contribution in [0.25, 0.3) is 54.6 Å². The van der Waals surface area contributed by atoms with Crippen LogP contribution in [0.1, 0.15) is 33.3 Å². The topological polar surface area (TPSA) is 44.8 Å². The van der Waals surface area contributed by atoms with Gasteiger partial charge in [0, 0.05) is 5.57 Å². The van der Waals surface area contributed by atoms with Crippen LogP contribution in [0.4, 0.5) is 0 Å². The summed E-state index contributed by atoms with van der Waals surface area (Å²) in [7, 11) is 1.69. The van der Waals surface area contributed by atoms with Gasteiger partial charge in [0.1, 0.15) is 24.7 Å². The molecule has 0 atom stereocenters. The first kappa shape index (κ1) is 28.3. The summed E-state index contributed by atoms with van der Waals surface area (Å²) in [6, 6.07) is 32.5. The third kappa shape index (κ3) is 5.41. The highest BCUT2D eigenvalue weighted by Crippen LogP contribution is 2.45. The Hall–Kier alpha value is -4.83. The summed E-state index contributed by atoms with van der Waals surface area (Å²) in [5, 5.41) is 7.54. The number of ether oxygens (including phenoxy) is 3. The number of carbonyl (C=O) groups excluding carboxylic acids is 1. The molecule has 6 rings (SSSR count). The molecular weight excluding hydrogens is 532 g/mol. The van der Waals surface area contributed by atoms with Crippen molar-refractivity contribution in [2.24, 2.45) is 0 Å². The number of hydrogen-bond acceptors (Lipinski definition) is 4. The molecule has 0 heterocycles. The third-order valence-corrected chi connectivity index (χ3v) is 8.08.